The zero-order chi connectivity index (χ0) is 12.8. The Morgan fingerprint density at radius 3 is 2.25 bits per heavy atom. The zero-order valence-corrected chi connectivity index (χ0v) is 12.2. The Morgan fingerprint density at radius 1 is 1.25 bits per heavy atom. The Balaban J connectivity index is 4.40. The quantitative estimate of drug-likeness (QED) is 0.631. The van der Waals surface area contributed by atoms with Gasteiger partial charge in [-0.3, -0.25) is 0 Å². The Hall–Kier alpha value is 0.160. The molecule has 0 aromatic carbocycles. The van der Waals surface area contributed by atoms with Crippen LogP contribution in [0.4, 0.5) is 0 Å². The summed E-state index contributed by atoms with van der Waals surface area (Å²) in [6, 6.07) is 0. The molecule has 0 aliphatic carbocycles. The lowest BCUT2D eigenvalue weighted by Crippen LogP contribution is -2.41. The topological polar surface area (TPSA) is 40.6 Å². The summed E-state index contributed by atoms with van der Waals surface area (Å²) in [5.74, 6) is 0.857. The molecule has 1 atom stereocenters. The first-order chi connectivity index (χ1) is 7.36. The van der Waals surface area contributed by atoms with Gasteiger partial charge in [0.1, 0.15) is 0 Å². The molecular formula is C10H23ClN2O2S. The van der Waals surface area contributed by atoms with Crippen molar-refractivity contribution in [2.24, 2.45) is 5.92 Å². The fourth-order valence-corrected chi connectivity index (χ4v) is 2.70. The van der Waals surface area contributed by atoms with Gasteiger partial charge in [0.25, 0.3) is 10.2 Å². The molecule has 0 aliphatic rings. The first-order valence-corrected chi connectivity index (χ1v) is 7.53. The van der Waals surface area contributed by atoms with Crippen LogP contribution in [0.5, 0.6) is 0 Å². The van der Waals surface area contributed by atoms with E-state index in [1.54, 1.807) is 14.1 Å². The Labute approximate surface area is 105 Å². The third-order valence-corrected chi connectivity index (χ3v) is 4.83. The van der Waals surface area contributed by atoms with Crippen LogP contribution in [0.2, 0.25) is 0 Å². The number of hydrogen-bond acceptors (Lipinski definition) is 2. The van der Waals surface area contributed by atoms with Gasteiger partial charge in [-0.1, -0.05) is 20.3 Å². The first-order valence-electron chi connectivity index (χ1n) is 5.59. The molecule has 0 aliphatic heterocycles. The van der Waals surface area contributed by atoms with E-state index in [9.17, 15) is 8.42 Å². The van der Waals surface area contributed by atoms with E-state index in [1.165, 1.54) is 8.61 Å². The molecule has 0 aromatic rings. The van der Waals surface area contributed by atoms with Gasteiger partial charge < -0.3 is 0 Å². The highest BCUT2D eigenvalue weighted by molar-refractivity contribution is 7.86. The smallest absolute Gasteiger partial charge is 0.195 e. The second-order valence-corrected chi connectivity index (χ2v) is 6.69. The SMILES string of the molecule is CCC(C)CN(C)S(=O)(=O)N(C)CCCCl. The fraction of sp³-hybridized carbons (Fsp3) is 1.00. The van der Waals surface area contributed by atoms with Crippen molar-refractivity contribution in [3.05, 3.63) is 0 Å². The largest absolute Gasteiger partial charge is 0.281 e. The van der Waals surface area contributed by atoms with E-state index in [-0.39, 0.29) is 0 Å². The van der Waals surface area contributed by atoms with Gasteiger partial charge in [0.2, 0.25) is 0 Å². The Kier molecular flexibility index (Phi) is 7.55. The van der Waals surface area contributed by atoms with Gasteiger partial charge in [-0.25, -0.2) is 0 Å². The highest BCUT2D eigenvalue weighted by Crippen LogP contribution is 2.10. The molecule has 0 heterocycles. The lowest BCUT2D eigenvalue weighted by Gasteiger charge is -2.26. The monoisotopic (exact) mass is 270 g/mol. The first kappa shape index (κ1) is 16.2. The fourth-order valence-electron chi connectivity index (χ4n) is 1.30. The van der Waals surface area contributed by atoms with Gasteiger partial charge in [0.15, 0.2) is 0 Å². The van der Waals surface area contributed by atoms with Gasteiger partial charge in [-0.2, -0.15) is 17.0 Å². The molecule has 4 nitrogen and oxygen atoms in total. The average Bonchev–Trinajstić information content (AvgIpc) is 2.25. The molecule has 0 radical (unpaired) electrons. The number of halogens is 1. The lowest BCUT2D eigenvalue weighted by molar-refractivity contribution is 0.354. The van der Waals surface area contributed by atoms with E-state index in [4.69, 9.17) is 11.6 Å². The molecule has 0 bridgehead atoms. The van der Waals surface area contributed by atoms with E-state index >= 15 is 0 Å². The summed E-state index contributed by atoms with van der Waals surface area (Å²) in [6.45, 7) is 5.13. The normalized spacial score (nSPS) is 14.7. The summed E-state index contributed by atoms with van der Waals surface area (Å²) in [5, 5.41) is 0. The Morgan fingerprint density at radius 2 is 1.81 bits per heavy atom. The van der Waals surface area contributed by atoms with Crippen LogP contribution in [0, 0.1) is 5.92 Å². The molecule has 0 saturated carbocycles. The lowest BCUT2D eigenvalue weighted by atomic mass is 10.1. The molecule has 16 heavy (non-hydrogen) atoms. The summed E-state index contributed by atoms with van der Waals surface area (Å²) in [5.41, 5.74) is 0. The minimum atomic E-state index is -3.31. The van der Waals surface area contributed by atoms with Crippen LogP contribution in [0.3, 0.4) is 0 Å². The second-order valence-electron chi connectivity index (χ2n) is 4.17. The maximum atomic E-state index is 12.0. The molecule has 6 heteroatoms. The van der Waals surface area contributed by atoms with Crippen LogP contribution >= 0.6 is 11.6 Å². The average molecular weight is 271 g/mol. The van der Waals surface area contributed by atoms with Crippen LogP contribution in [0.25, 0.3) is 0 Å². The van der Waals surface area contributed by atoms with Crippen molar-refractivity contribution in [3.63, 3.8) is 0 Å². The van der Waals surface area contributed by atoms with Crippen molar-refractivity contribution >= 4 is 21.8 Å². The standard InChI is InChI=1S/C10H23ClN2O2S/c1-5-10(2)9-13(4)16(14,15)12(3)8-6-7-11/h10H,5-9H2,1-4H3. The van der Waals surface area contributed by atoms with E-state index < -0.39 is 10.2 Å². The summed E-state index contributed by atoms with van der Waals surface area (Å²) in [6.07, 6.45) is 1.65. The molecule has 1 unspecified atom stereocenters. The van der Waals surface area contributed by atoms with Gasteiger partial charge in [-0.05, 0) is 12.3 Å². The minimum Gasteiger partial charge on any atom is -0.195 e. The van der Waals surface area contributed by atoms with Gasteiger partial charge in [0, 0.05) is 33.1 Å². The van der Waals surface area contributed by atoms with Crippen molar-refractivity contribution < 1.29 is 8.42 Å². The van der Waals surface area contributed by atoms with E-state index in [0.717, 1.165) is 6.42 Å². The number of hydrogen-bond donors (Lipinski definition) is 0. The molecular weight excluding hydrogens is 248 g/mol. The molecule has 0 N–H and O–H groups in total. The van der Waals surface area contributed by atoms with Crippen LogP contribution in [0.1, 0.15) is 26.7 Å². The van der Waals surface area contributed by atoms with Crippen molar-refractivity contribution in [2.75, 3.05) is 33.1 Å². The molecule has 0 rings (SSSR count). The van der Waals surface area contributed by atoms with Crippen molar-refractivity contribution in [1.82, 2.24) is 8.61 Å². The number of nitrogens with zero attached hydrogens (tertiary/aromatic N) is 2. The van der Waals surface area contributed by atoms with Crippen molar-refractivity contribution in [2.45, 2.75) is 26.7 Å². The Bertz CT molecular complexity index is 283. The third-order valence-electron chi connectivity index (χ3n) is 2.66. The van der Waals surface area contributed by atoms with E-state index in [2.05, 4.69) is 6.92 Å². The molecule has 0 spiro atoms. The molecule has 0 saturated heterocycles. The maximum Gasteiger partial charge on any atom is 0.281 e. The molecule has 98 valence electrons. The summed E-state index contributed by atoms with van der Waals surface area (Å²) in [7, 11) is -0.0924. The predicted octanol–water partition coefficient (Wildman–Crippen LogP) is 1.77. The van der Waals surface area contributed by atoms with Crippen molar-refractivity contribution in [1.29, 1.82) is 0 Å². The highest BCUT2D eigenvalue weighted by atomic mass is 35.5. The zero-order valence-electron chi connectivity index (χ0n) is 10.6. The molecule has 0 fully saturated rings. The molecule has 0 amide bonds. The van der Waals surface area contributed by atoms with Gasteiger partial charge >= 0.3 is 0 Å². The van der Waals surface area contributed by atoms with Gasteiger partial charge in [-0.15, -0.1) is 11.6 Å². The van der Waals surface area contributed by atoms with Crippen molar-refractivity contribution in [3.8, 4) is 0 Å². The number of alkyl halides is 1. The van der Waals surface area contributed by atoms with Crippen LogP contribution in [-0.4, -0.2) is 50.1 Å². The van der Waals surface area contributed by atoms with E-state index in [1.807, 2.05) is 6.92 Å². The van der Waals surface area contributed by atoms with Crippen LogP contribution in [0.15, 0.2) is 0 Å². The summed E-state index contributed by atoms with van der Waals surface area (Å²) < 4.78 is 26.8. The number of rotatable bonds is 8. The molecule has 0 aromatic heterocycles. The maximum absolute atomic E-state index is 12.0. The third kappa shape index (κ3) is 4.99. The van der Waals surface area contributed by atoms with Gasteiger partial charge in [0.05, 0.1) is 0 Å². The van der Waals surface area contributed by atoms with Crippen LogP contribution < -0.4 is 0 Å². The second kappa shape index (κ2) is 7.48. The summed E-state index contributed by atoms with van der Waals surface area (Å²) >= 11 is 5.55. The predicted molar refractivity (Wildman–Crippen MR) is 69.0 cm³/mol. The van der Waals surface area contributed by atoms with E-state index in [0.29, 0.717) is 31.3 Å². The summed E-state index contributed by atoms with van der Waals surface area (Å²) in [4.78, 5) is 0. The highest BCUT2D eigenvalue weighted by Gasteiger charge is 2.23. The minimum absolute atomic E-state index is 0.376. The van der Waals surface area contributed by atoms with Crippen LogP contribution in [-0.2, 0) is 10.2 Å².